The molecule has 0 radical (unpaired) electrons. The first-order chi connectivity index (χ1) is 8.51. The molecule has 0 rings (SSSR count). The van der Waals surface area contributed by atoms with Gasteiger partial charge in [0.05, 0.1) is 6.61 Å². The van der Waals surface area contributed by atoms with Crippen molar-refractivity contribution in [3.05, 3.63) is 0 Å². The molecule has 0 heterocycles. The van der Waals surface area contributed by atoms with E-state index in [0.29, 0.717) is 0 Å². The van der Waals surface area contributed by atoms with Gasteiger partial charge < -0.3 is 9.84 Å². The summed E-state index contributed by atoms with van der Waals surface area (Å²) in [4.78, 5) is 21.5. The number of nitrogens with one attached hydrogen (secondary N) is 1. The van der Waals surface area contributed by atoms with E-state index < -0.39 is 46.4 Å². The summed E-state index contributed by atoms with van der Waals surface area (Å²) in [5.74, 6) is -2.66. The number of hydrogen-bond donors (Lipinski definition) is 2. The first kappa shape index (κ1) is 17.6. The lowest BCUT2D eigenvalue weighted by Gasteiger charge is -2.15. The molecule has 0 aromatic carbocycles. The summed E-state index contributed by atoms with van der Waals surface area (Å²) in [6.07, 6.45) is -1.17. The Morgan fingerprint density at radius 2 is 1.89 bits per heavy atom. The molecular weight excluding hydrogens is 295 g/mol. The van der Waals surface area contributed by atoms with Gasteiger partial charge in [0, 0.05) is 6.42 Å². The van der Waals surface area contributed by atoms with E-state index in [1.807, 2.05) is 0 Å². The Bertz CT molecular complexity index is 432. The standard InChI is InChI=1S/C8H12F3NO6S/c1-2-18-6(13)4-3-5(7(14)15)12-19(16,17)8(9,10)11/h5,12H,2-4H2,1H3,(H,14,15)/t5-/m0/s1. The van der Waals surface area contributed by atoms with Crippen molar-refractivity contribution in [1.29, 1.82) is 0 Å². The smallest absolute Gasteiger partial charge is 0.480 e. The molecule has 0 spiro atoms. The fourth-order valence-electron chi connectivity index (χ4n) is 0.982. The van der Waals surface area contributed by atoms with Gasteiger partial charge in [0.25, 0.3) is 0 Å². The van der Waals surface area contributed by atoms with Crippen molar-refractivity contribution in [2.45, 2.75) is 31.3 Å². The summed E-state index contributed by atoms with van der Waals surface area (Å²) in [6, 6.07) is -2.06. The molecular formula is C8H12F3NO6S. The maximum atomic E-state index is 12.0. The maximum absolute atomic E-state index is 12.0. The van der Waals surface area contributed by atoms with Crippen molar-refractivity contribution in [1.82, 2.24) is 4.72 Å². The highest BCUT2D eigenvalue weighted by molar-refractivity contribution is 7.90. The SMILES string of the molecule is CCOC(=O)CC[C@H](NS(=O)(=O)C(F)(F)F)C(=O)O. The summed E-state index contributed by atoms with van der Waals surface area (Å²) in [5, 5.41) is 8.60. The van der Waals surface area contributed by atoms with Crippen molar-refractivity contribution in [2.75, 3.05) is 6.61 Å². The molecule has 0 aromatic heterocycles. The van der Waals surface area contributed by atoms with Crippen molar-refractivity contribution in [3.63, 3.8) is 0 Å². The lowest BCUT2D eigenvalue weighted by atomic mass is 10.2. The molecule has 1 atom stereocenters. The molecule has 0 aliphatic rings. The van der Waals surface area contributed by atoms with Gasteiger partial charge in [0.1, 0.15) is 6.04 Å². The molecule has 0 saturated heterocycles. The molecule has 0 aliphatic carbocycles. The Balaban J connectivity index is 4.70. The molecule has 19 heavy (non-hydrogen) atoms. The van der Waals surface area contributed by atoms with Gasteiger partial charge in [-0.2, -0.15) is 17.9 Å². The van der Waals surface area contributed by atoms with Crippen molar-refractivity contribution in [3.8, 4) is 0 Å². The molecule has 0 aromatic rings. The number of ether oxygens (including phenoxy) is 1. The molecule has 0 aliphatic heterocycles. The number of sulfonamides is 1. The van der Waals surface area contributed by atoms with E-state index in [2.05, 4.69) is 4.74 Å². The van der Waals surface area contributed by atoms with Crippen LogP contribution in [0, 0.1) is 0 Å². The summed E-state index contributed by atoms with van der Waals surface area (Å²) in [5.41, 5.74) is -5.62. The number of carbonyl (C=O) groups is 2. The van der Waals surface area contributed by atoms with Crippen LogP contribution in [-0.2, 0) is 24.3 Å². The Kier molecular flexibility index (Phi) is 6.22. The van der Waals surface area contributed by atoms with Crippen molar-refractivity contribution >= 4 is 22.0 Å². The summed E-state index contributed by atoms with van der Waals surface area (Å²) in [7, 11) is -5.79. The number of rotatable bonds is 7. The molecule has 7 nitrogen and oxygen atoms in total. The minimum atomic E-state index is -5.79. The van der Waals surface area contributed by atoms with E-state index in [-0.39, 0.29) is 6.61 Å². The van der Waals surface area contributed by atoms with Crippen LogP contribution in [0.5, 0.6) is 0 Å². The van der Waals surface area contributed by atoms with Crippen LogP contribution in [0.1, 0.15) is 19.8 Å². The maximum Gasteiger partial charge on any atom is 0.511 e. The second-order valence-corrected chi connectivity index (χ2v) is 5.01. The Labute approximate surface area is 106 Å². The van der Waals surface area contributed by atoms with Gasteiger partial charge in [0.2, 0.25) is 0 Å². The van der Waals surface area contributed by atoms with Gasteiger partial charge in [-0.15, -0.1) is 0 Å². The Morgan fingerprint density at radius 3 is 2.26 bits per heavy atom. The summed E-state index contributed by atoms with van der Waals surface area (Å²) < 4.78 is 63.0. The fraction of sp³-hybridized carbons (Fsp3) is 0.750. The molecule has 0 unspecified atom stereocenters. The first-order valence-corrected chi connectivity index (χ1v) is 6.46. The van der Waals surface area contributed by atoms with Crippen LogP contribution in [0.25, 0.3) is 0 Å². The van der Waals surface area contributed by atoms with E-state index in [1.165, 1.54) is 6.92 Å². The molecule has 0 amide bonds. The second kappa shape index (κ2) is 6.70. The van der Waals surface area contributed by atoms with E-state index in [1.54, 1.807) is 0 Å². The zero-order valence-electron chi connectivity index (χ0n) is 9.73. The number of alkyl halides is 3. The van der Waals surface area contributed by atoms with Crippen LogP contribution in [0.3, 0.4) is 0 Å². The van der Waals surface area contributed by atoms with E-state index >= 15 is 0 Å². The van der Waals surface area contributed by atoms with Gasteiger partial charge in [-0.25, -0.2) is 8.42 Å². The van der Waals surface area contributed by atoms with Gasteiger partial charge in [-0.3, -0.25) is 9.59 Å². The number of halogens is 3. The average Bonchev–Trinajstić information content (AvgIpc) is 2.22. The normalized spacial score (nSPS) is 13.9. The zero-order valence-corrected chi connectivity index (χ0v) is 10.5. The molecule has 11 heteroatoms. The number of aliphatic carboxylic acids is 1. The Morgan fingerprint density at radius 1 is 1.37 bits per heavy atom. The van der Waals surface area contributed by atoms with Crippen LogP contribution in [0.15, 0.2) is 0 Å². The third kappa shape index (κ3) is 5.87. The predicted octanol–water partition coefficient (Wildman–Crippen LogP) is 0.222. The van der Waals surface area contributed by atoms with Gasteiger partial charge in [-0.1, -0.05) is 0 Å². The summed E-state index contributed by atoms with van der Waals surface area (Å²) in [6.45, 7) is 1.50. The molecule has 0 saturated carbocycles. The number of hydrogen-bond acceptors (Lipinski definition) is 5. The lowest BCUT2D eigenvalue weighted by molar-refractivity contribution is -0.144. The first-order valence-electron chi connectivity index (χ1n) is 4.98. The molecule has 0 bridgehead atoms. The van der Waals surface area contributed by atoms with Crippen LogP contribution in [-0.4, -0.2) is 43.6 Å². The lowest BCUT2D eigenvalue weighted by Crippen LogP contribution is -2.46. The largest absolute Gasteiger partial charge is 0.511 e. The number of carboxylic acid groups (broad SMARTS) is 1. The van der Waals surface area contributed by atoms with Crippen LogP contribution >= 0.6 is 0 Å². The quantitative estimate of drug-likeness (QED) is 0.651. The van der Waals surface area contributed by atoms with E-state index in [4.69, 9.17) is 5.11 Å². The highest BCUT2D eigenvalue weighted by Crippen LogP contribution is 2.22. The van der Waals surface area contributed by atoms with Crippen molar-refractivity contribution in [2.24, 2.45) is 0 Å². The minimum Gasteiger partial charge on any atom is -0.480 e. The monoisotopic (exact) mass is 307 g/mol. The summed E-state index contributed by atoms with van der Waals surface area (Å²) >= 11 is 0. The molecule has 0 fully saturated rings. The minimum absolute atomic E-state index is 0.0187. The zero-order chi connectivity index (χ0) is 15.3. The third-order valence-electron chi connectivity index (χ3n) is 1.84. The van der Waals surface area contributed by atoms with Gasteiger partial charge in [0.15, 0.2) is 0 Å². The highest BCUT2D eigenvalue weighted by atomic mass is 32.2. The third-order valence-corrected chi connectivity index (χ3v) is 3.05. The molecule has 112 valence electrons. The van der Waals surface area contributed by atoms with Crippen LogP contribution in [0.4, 0.5) is 13.2 Å². The highest BCUT2D eigenvalue weighted by Gasteiger charge is 2.47. The number of esters is 1. The van der Waals surface area contributed by atoms with Crippen LogP contribution < -0.4 is 4.72 Å². The number of carbonyl (C=O) groups excluding carboxylic acids is 1. The fourth-order valence-corrected chi connectivity index (χ4v) is 1.71. The van der Waals surface area contributed by atoms with Crippen LogP contribution in [0.2, 0.25) is 0 Å². The number of carboxylic acids is 1. The second-order valence-electron chi connectivity index (χ2n) is 3.30. The van der Waals surface area contributed by atoms with E-state index in [0.717, 1.165) is 4.72 Å². The van der Waals surface area contributed by atoms with Gasteiger partial charge in [-0.05, 0) is 13.3 Å². The topological polar surface area (TPSA) is 110 Å². The predicted molar refractivity (Wildman–Crippen MR) is 55.4 cm³/mol. The average molecular weight is 307 g/mol. The van der Waals surface area contributed by atoms with Gasteiger partial charge >= 0.3 is 27.5 Å². The molecule has 2 N–H and O–H groups in total. The van der Waals surface area contributed by atoms with Crippen molar-refractivity contribution < 1.29 is 41.0 Å². The van der Waals surface area contributed by atoms with E-state index in [9.17, 15) is 31.2 Å². The Hall–Kier alpha value is -1.36.